The average molecular weight is 258 g/mol. The zero-order valence-corrected chi connectivity index (χ0v) is 11.1. The Kier molecular flexibility index (Phi) is 4.37. The van der Waals surface area contributed by atoms with Crippen LogP contribution >= 0.6 is 23.1 Å². The van der Waals surface area contributed by atoms with E-state index < -0.39 is 0 Å². The van der Waals surface area contributed by atoms with Crippen molar-refractivity contribution in [3.8, 4) is 0 Å². The van der Waals surface area contributed by atoms with Crippen molar-refractivity contribution in [2.24, 2.45) is 0 Å². The van der Waals surface area contributed by atoms with E-state index in [4.69, 9.17) is 5.73 Å². The molecular formula is C10H14N2O2S2. The summed E-state index contributed by atoms with van der Waals surface area (Å²) in [7, 11) is 1.55. The van der Waals surface area contributed by atoms with Crippen molar-refractivity contribution >= 4 is 40.5 Å². The molecule has 16 heavy (non-hydrogen) atoms. The average Bonchev–Trinajstić information content (AvgIpc) is 2.55. The van der Waals surface area contributed by atoms with E-state index in [1.165, 1.54) is 30.0 Å². The van der Waals surface area contributed by atoms with Gasteiger partial charge >= 0.3 is 0 Å². The van der Waals surface area contributed by atoms with Gasteiger partial charge in [0.2, 0.25) is 0 Å². The number of amides is 1. The lowest BCUT2D eigenvalue weighted by Crippen LogP contribution is -2.19. The van der Waals surface area contributed by atoms with Crippen LogP contribution in [0, 0.1) is 0 Å². The van der Waals surface area contributed by atoms with E-state index in [0.717, 1.165) is 9.96 Å². The molecule has 0 bridgehead atoms. The topological polar surface area (TPSA) is 72.2 Å². The van der Waals surface area contributed by atoms with Gasteiger partial charge in [0.1, 0.15) is 0 Å². The molecule has 0 spiro atoms. The van der Waals surface area contributed by atoms with Crippen LogP contribution in [0.5, 0.6) is 0 Å². The second kappa shape index (κ2) is 5.36. The molecule has 0 saturated carbocycles. The van der Waals surface area contributed by atoms with Crippen molar-refractivity contribution in [2.45, 2.75) is 18.1 Å². The van der Waals surface area contributed by atoms with Crippen molar-refractivity contribution in [1.29, 1.82) is 0 Å². The van der Waals surface area contributed by atoms with Crippen LogP contribution in [-0.4, -0.2) is 24.5 Å². The van der Waals surface area contributed by atoms with Crippen LogP contribution in [0.15, 0.2) is 4.21 Å². The molecule has 1 rings (SSSR count). The second-order valence-corrected chi connectivity index (χ2v) is 5.63. The fourth-order valence-electron chi connectivity index (χ4n) is 1.26. The summed E-state index contributed by atoms with van der Waals surface area (Å²) in [6, 6.07) is 0. The molecular weight excluding hydrogens is 244 g/mol. The highest BCUT2D eigenvalue weighted by Crippen LogP contribution is 2.38. The zero-order chi connectivity index (χ0) is 12.3. The van der Waals surface area contributed by atoms with Crippen LogP contribution in [-0.2, 0) is 0 Å². The molecule has 0 fully saturated rings. The molecule has 88 valence electrons. The third-order valence-electron chi connectivity index (χ3n) is 1.96. The SMILES string of the molecule is CCSc1sc(C(C)=O)c(N)c1C(=O)NC. The first-order chi connectivity index (χ1) is 7.52. The number of carbonyl (C=O) groups is 2. The molecule has 1 aromatic heterocycles. The lowest BCUT2D eigenvalue weighted by molar-refractivity contribution is 0.0961. The molecule has 0 aliphatic rings. The van der Waals surface area contributed by atoms with E-state index in [-0.39, 0.29) is 11.7 Å². The van der Waals surface area contributed by atoms with Gasteiger partial charge in [0, 0.05) is 14.0 Å². The summed E-state index contributed by atoms with van der Waals surface area (Å²) in [5.74, 6) is 0.495. The van der Waals surface area contributed by atoms with Crippen LogP contribution in [0.2, 0.25) is 0 Å². The molecule has 0 aliphatic carbocycles. The summed E-state index contributed by atoms with van der Waals surface area (Å²) in [5.41, 5.74) is 6.56. The van der Waals surface area contributed by atoms with Gasteiger partial charge in [-0.2, -0.15) is 0 Å². The molecule has 0 unspecified atom stereocenters. The van der Waals surface area contributed by atoms with Crippen LogP contribution in [0.4, 0.5) is 5.69 Å². The second-order valence-electron chi connectivity index (χ2n) is 3.08. The molecule has 1 amide bonds. The maximum Gasteiger partial charge on any atom is 0.255 e. The quantitative estimate of drug-likeness (QED) is 0.640. The van der Waals surface area contributed by atoms with Crippen LogP contribution in [0.25, 0.3) is 0 Å². The first-order valence-corrected chi connectivity index (χ1v) is 6.61. The van der Waals surface area contributed by atoms with E-state index in [1.54, 1.807) is 7.05 Å². The molecule has 0 radical (unpaired) electrons. The summed E-state index contributed by atoms with van der Waals surface area (Å²) in [4.78, 5) is 23.5. The summed E-state index contributed by atoms with van der Waals surface area (Å²) in [6.07, 6.45) is 0. The van der Waals surface area contributed by atoms with Crippen molar-refractivity contribution in [1.82, 2.24) is 5.32 Å². The number of thioether (sulfide) groups is 1. The highest BCUT2D eigenvalue weighted by Gasteiger charge is 2.22. The van der Waals surface area contributed by atoms with E-state index in [0.29, 0.717) is 16.1 Å². The number of hydrogen-bond acceptors (Lipinski definition) is 5. The number of Topliss-reactive ketones (excluding diaryl/α,β-unsaturated/α-hetero) is 1. The van der Waals surface area contributed by atoms with Crippen molar-refractivity contribution in [3.63, 3.8) is 0 Å². The minimum Gasteiger partial charge on any atom is -0.397 e. The Hall–Kier alpha value is -1.01. The number of thiophene rings is 1. The third kappa shape index (κ3) is 2.38. The van der Waals surface area contributed by atoms with Crippen LogP contribution in [0.1, 0.15) is 33.9 Å². The van der Waals surface area contributed by atoms with Gasteiger partial charge in [-0.1, -0.05) is 6.92 Å². The number of nitrogen functional groups attached to an aromatic ring is 1. The fourth-order valence-corrected chi connectivity index (χ4v) is 3.55. The standard InChI is InChI=1S/C10H14N2O2S2/c1-4-15-10-6(9(14)12-3)7(11)8(16-10)5(2)13/h4,11H2,1-3H3,(H,12,14). The summed E-state index contributed by atoms with van der Waals surface area (Å²) in [5, 5.41) is 2.54. The number of ketones is 1. The molecule has 3 N–H and O–H groups in total. The van der Waals surface area contributed by atoms with Gasteiger partial charge in [-0.25, -0.2) is 0 Å². The van der Waals surface area contributed by atoms with E-state index in [1.807, 2.05) is 6.92 Å². The number of anilines is 1. The van der Waals surface area contributed by atoms with E-state index in [2.05, 4.69) is 5.32 Å². The van der Waals surface area contributed by atoms with E-state index in [9.17, 15) is 9.59 Å². The number of rotatable bonds is 4. The maximum absolute atomic E-state index is 11.7. The van der Waals surface area contributed by atoms with Crippen molar-refractivity contribution < 1.29 is 9.59 Å². The number of hydrogen-bond donors (Lipinski definition) is 2. The van der Waals surface area contributed by atoms with Crippen LogP contribution in [0.3, 0.4) is 0 Å². The van der Waals surface area contributed by atoms with Gasteiger partial charge in [-0.05, 0) is 5.75 Å². The molecule has 6 heteroatoms. The normalized spacial score (nSPS) is 10.2. The van der Waals surface area contributed by atoms with Gasteiger partial charge in [0.15, 0.2) is 5.78 Å². The Balaban J connectivity index is 3.31. The summed E-state index contributed by atoms with van der Waals surface area (Å²) >= 11 is 2.81. The molecule has 1 heterocycles. The number of nitrogens with one attached hydrogen (secondary N) is 1. The molecule has 1 aromatic rings. The Morgan fingerprint density at radius 2 is 2.12 bits per heavy atom. The summed E-state index contributed by atoms with van der Waals surface area (Å²) < 4.78 is 0.810. The first kappa shape index (κ1) is 13.1. The predicted octanol–water partition coefficient (Wildman–Crippen LogP) is 2.00. The van der Waals surface area contributed by atoms with Crippen molar-refractivity contribution in [3.05, 3.63) is 10.4 Å². The highest BCUT2D eigenvalue weighted by molar-refractivity contribution is 8.01. The Morgan fingerprint density at radius 3 is 2.56 bits per heavy atom. The summed E-state index contributed by atoms with van der Waals surface area (Å²) in [6.45, 7) is 3.44. The number of nitrogens with two attached hydrogens (primary N) is 1. The molecule has 0 aliphatic heterocycles. The highest BCUT2D eigenvalue weighted by atomic mass is 32.2. The van der Waals surface area contributed by atoms with E-state index >= 15 is 0 Å². The molecule has 0 atom stereocenters. The van der Waals surface area contributed by atoms with Crippen molar-refractivity contribution in [2.75, 3.05) is 18.5 Å². The molecule has 0 aromatic carbocycles. The van der Waals surface area contributed by atoms with Gasteiger partial charge < -0.3 is 11.1 Å². The van der Waals surface area contributed by atoms with Gasteiger partial charge in [-0.15, -0.1) is 23.1 Å². The van der Waals surface area contributed by atoms with Crippen LogP contribution < -0.4 is 11.1 Å². The zero-order valence-electron chi connectivity index (χ0n) is 9.42. The Bertz CT molecular complexity index is 427. The lowest BCUT2D eigenvalue weighted by Gasteiger charge is -2.02. The minimum absolute atomic E-state index is 0.101. The predicted molar refractivity (Wildman–Crippen MR) is 68.5 cm³/mol. The Labute approximate surface area is 103 Å². The molecule has 0 saturated heterocycles. The van der Waals surface area contributed by atoms with Gasteiger partial charge in [0.05, 0.1) is 20.3 Å². The largest absolute Gasteiger partial charge is 0.397 e. The smallest absolute Gasteiger partial charge is 0.255 e. The first-order valence-electron chi connectivity index (χ1n) is 4.81. The number of carbonyl (C=O) groups excluding carboxylic acids is 2. The monoisotopic (exact) mass is 258 g/mol. The third-order valence-corrected chi connectivity index (χ3v) is 4.42. The maximum atomic E-state index is 11.7. The Morgan fingerprint density at radius 1 is 1.50 bits per heavy atom. The van der Waals surface area contributed by atoms with Gasteiger partial charge in [0.25, 0.3) is 5.91 Å². The minimum atomic E-state index is -0.239. The lowest BCUT2D eigenvalue weighted by atomic mass is 10.2. The molecule has 4 nitrogen and oxygen atoms in total. The fraction of sp³-hybridized carbons (Fsp3) is 0.400. The van der Waals surface area contributed by atoms with Gasteiger partial charge in [-0.3, -0.25) is 9.59 Å².